The van der Waals surface area contributed by atoms with Gasteiger partial charge in [-0.2, -0.15) is 0 Å². The van der Waals surface area contributed by atoms with E-state index in [1.54, 1.807) is 0 Å². The van der Waals surface area contributed by atoms with Crippen LogP contribution in [-0.2, 0) is 0 Å². The van der Waals surface area contributed by atoms with Gasteiger partial charge in [-0.05, 0) is 40.0 Å². The highest BCUT2D eigenvalue weighted by Gasteiger charge is 2.21. The summed E-state index contributed by atoms with van der Waals surface area (Å²) in [6.07, 6.45) is 2.55. The van der Waals surface area contributed by atoms with Gasteiger partial charge in [-0.25, -0.2) is 0 Å². The van der Waals surface area contributed by atoms with Gasteiger partial charge in [0.2, 0.25) is 0 Å². The van der Waals surface area contributed by atoms with Gasteiger partial charge in [-0.3, -0.25) is 0 Å². The fourth-order valence-electron chi connectivity index (χ4n) is 2.13. The Morgan fingerprint density at radius 1 is 1.36 bits per heavy atom. The van der Waals surface area contributed by atoms with Gasteiger partial charge < -0.3 is 15.1 Å². The molecule has 0 saturated carbocycles. The zero-order valence-corrected chi connectivity index (χ0v) is 9.92. The number of nitrogens with zero attached hydrogens (tertiary/aromatic N) is 2. The Bertz CT molecular complexity index is 149. The maximum atomic E-state index is 3.20. The van der Waals surface area contributed by atoms with Crippen LogP contribution < -0.4 is 5.32 Å². The first-order valence-corrected chi connectivity index (χ1v) is 5.85. The maximum absolute atomic E-state index is 3.20. The lowest BCUT2D eigenvalue weighted by Crippen LogP contribution is -2.51. The normalized spacial score (nSPS) is 25.5. The first-order chi connectivity index (χ1) is 6.77. The minimum atomic E-state index is 0.776. The predicted octanol–water partition coefficient (Wildman–Crippen LogP) is 0.622. The molecule has 3 heteroatoms. The van der Waals surface area contributed by atoms with E-state index in [4.69, 9.17) is 0 Å². The summed E-state index contributed by atoms with van der Waals surface area (Å²) in [7, 11) is 4.28. The second kappa shape index (κ2) is 6.38. The zero-order valence-electron chi connectivity index (χ0n) is 9.92. The molecule has 0 radical (unpaired) electrons. The van der Waals surface area contributed by atoms with Crippen molar-refractivity contribution < 1.29 is 0 Å². The van der Waals surface area contributed by atoms with Crippen molar-refractivity contribution in [3.63, 3.8) is 0 Å². The lowest BCUT2D eigenvalue weighted by atomic mass is 10.1. The van der Waals surface area contributed by atoms with E-state index in [-0.39, 0.29) is 0 Å². The van der Waals surface area contributed by atoms with Crippen molar-refractivity contribution in [3.8, 4) is 0 Å². The van der Waals surface area contributed by atoms with Gasteiger partial charge in [-0.15, -0.1) is 0 Å². The molecule has 14 heavy (non-hydrogen) atoms. The van der Waals surface area contributed by atoms with Crippen LogP contribution in [0, 0.1) is 0 Å². The quantitative estimate of drug-likeness (QED) is 0.655. The second-order valence-corrected chi connectivity index (χ2v) is 4.30. The van der Waals surface area contributed by atoms with Gasteiger partial charge in [0.1, 0.15) is 0 Å². The number of hydrogen-bond acceptors (Lipinski definition) is 3. The van der Waals surface area contributed by atoms with Crippen molar-refractivity contribution in [1.29, 1.82) is 0 Å². The molecule has 1 N–H and O–H groups in total. The van der Waals surface area contributed by atoms with Crippen molar-refractivity contribution in [3.05, 3.63) is 0 Å². The largest absolute Gasteiger partial charge is 0.320 e. The molecule has 1 unspecified atom stereocenters. The van der Waals surface area contributed by atoms with Crippen LogP contribution in [0.1, 0.15) is 19.8 Å². The Hall–Kier alpha value is -0.120. The molecule has 0 spiro atoms. The van der Waals surface area contributed by atoms with E-state index in [9.17, 15) is 0 Å². The Kier molecular flexibility index (Phi) is 5.45. The van der Waals surface area contributed by atoms with Gasteiger partial charge in [0, 0.05) is 25.7 Å². The van der Waals surface area contributed by atoms with Crippen LogP contribution in [0.5, 0.6) is 0 Å². The molecule has 1 atom stereocenters. The fourth-order valence-corrected chi connectivity index (χ4v) is 2.13. The van der Waals surface area contributed by atoms with E-state index in [2.05, 4.69) is 29.1 Å². The summed E-state index contributed by atoms with van der Waals surface area (Å²) >= 11 is 0. The smallest absolute Gasteiger partial charge is 0.0218 e. The standard InChI is InChI=1S/C11H25N3/c1-4-11-10-14(7-5-6-12-2)9-8-13(11)3/h11-12H,4-10H2,1-3H3. The molecule has 0 aliphatic carbocycles. The maximum Gasteiger partial charge on any atom is 0.0218 e. The topological polar surface area (TPSA) is 18.5 Å². The fraction of sp³-hybridized carbons (Fsp3) is 1.00. The first kappa shape index (κ1) is 12.0. The SMILES string of the molecule is CCC1CN(CCCNC)CCN1C. The molecular formula is C11H25N3. The summed E-state index contributed by atoms with van der Waals surface area (Å²) in [5.74, 6) is 0. The summed E-state index contributed by atoms with van der Waals surface area (Å²) in [4.78, 5) is 5.10. The van der Waals surface area contributed by atoms with E-state index in [1.165, 1.54) is 39.0 Å². The number of rotatable bonds is 5. The van der Waals surface area contributed by atoms with Crippen LogP contribution in [0.15, 0.2) is 0 Å². The zero-order chi connectivity index (χ0) is 10.4. The molecule has 0 aromatic carbocycles. The summed E-state index contributed by atoms with van der Waals surface area (Å²) in [6.45, 7) is 8.43. The molecule has 0 aromatic rings. The van der Waals surface area contributed by atoms with Crippen LogP contribution >= 0.6 is 0 Å². The molecule has 0 amide bonds. The molecule has 1 saturated heterocycles. The van der Waals surface area contributed by atoms with E-state index in [0.717, 1.165) is 12.6 Å². The van der Waals surface area contributed by atoms with Crippen LogP contribution in [0.2, 0.25) is 0 Å². The van der Waals surface area contributed by atoms with E-state index in [1.807, 2.05) is 7.05 Å². The highest BCUT2D eigenvalue weighted by Crippen LogP contribution is 2.10. The Morgan fingerprint density at radius 2 is 2.14 bits per heavy atom. The van der Waals surface area contributed by atoms with E-state index < -0.39 is 0 Å². The number of hydrogen-bond donors (Lipinski definition) is 1. The van der Waals surface area contributed by atoms with E-state index in [0.29, 0.717) is 0 Å². The third kappa shape index (κ3) is 3.56. The minimum Gasteiger partial charge on any atom is -0.320 e. The van der Waals surface area contributed by atoms with Gasteiger partial charge in [-0.1, -0.05) is 6.92 Å². The van der Waals surface area contributed by atoms with Crippen molar-refractivity contribution in [1.82, 2.24) is 15.1 Å². The lowest BCUT2D eigenvalue weighted by molar-refractivity contribution is 0.0926. The predicted molar refractivity (Wildman–Crippen MR) is 61.7 cm³/mol. The van der Waals surface area contributed by atoms with Gasteiger partial charge >= 0.3 is 0 Å². The average Bonchev–Trinajstić information content (AvgIpc) is 2.21. The van der Waals surface area contributed by atoms with Gasteiger partial charge in [0.15, 0.2) is 0 Å². The molecular weight excluding hydrogens is 174 g/mol. The number of nitrogens with one attached hydrogen (secondary N) is 1. The highest BCUT2D eigenvalue weighted by atomic mass is 15.3. The van der Waals surface area contributed by atoms with Crippen LogP contribution in [0.3, 0.4) is 0 Å². The third-order valence-corrected chi connectivity index (χ3v) is 3.23. The molecule has 1 rings (SSSR count). The minimum absolute atomic E-state index is 0.776. The van der Waals surface area contributed by atoms with E-state index >= 15 is 0 Å². The summed E-state index contributed by atoms with van der Waals surface area (Å²) in [6, 6.07) is 0.776. The van der Waals surface area contributed by atoms with Crippen molar-refractivity contribution in [2.45, 2.75) is 25.8 Å². The Morgan fingerprint density at radius 3 is 2.79 bits per heavy atom. The number of likely N-dealkylation sites (N-methyl/N-ethyl adjacent to an activating group) is 1. The van der Waals surface area contributed by atoms with Gasteiger partial charge in [0.05, 0.1) is 0 Å². The molecule has 1 heterocycles. The Labute approximate surface area is 88.5 Å². The van der Waals surface area contributed by atoms with Crippen molar-refractivity contribution in [2.24, 2.45) is 0 Å². The van der Waals surface area contributed by atoms with Crippen LogP contribution in [-0.4, -0.2) is 62.7 Å². The third-order valence-electron chi connectivity index (χ3n) is 3.23. The van der Waals surface area contributed by atoms with Crippen LogP contribution in [0.25, 0.3) is 0 Å². The molecule has 1 fully saturated rings. The summed E-state index contributed by atoms with van der Waals surface area (Å²) in [5.41, 5.74) is 0. The molecule has 0 bridgehead atoms. The summed E-state index contributed by atoms with van der Waals surface area (Å²) < 4.78 is 0. The Balaban J connectivity index is 2.21. The highest BCUT2D eigenvalue weighted by molar-refractivity contribution is 4.78. The van der Waals surface area contributed by atoms with Crippen molar-refractivity contribution in [2.75, 3.05) is 46.8 Å². The first-order valence-electron chi connectivity index (χ1n) is 5.85. The molecule has 1 aliphatic heterocycles. The van der Waals surface area contributed by atoms with Crippen LogP contribution in [0.4, 0.5) is 0 Å². The monoisotopic (exact) mass is 199 g/mol. The molecule has 3 nitrogen and oxygen atoms in total. The van der Waals surface area contributed by atoms with Gasteiger partial charge in [0.25, 0.3) is 0 Å². The lowest BCUT2D eigenvalue weighted by Gasteiger charge is -2.39. The molecule has 1 aliphatic rings. The average molecular weight is 199 g/mol. The van der Waals surface area contributed by atoms with Crippen molar-refractivity contribution >= 4 is 0 Å². The number of piperazine rings is 1. The second-order valence-electron chi connectivity index (χ2n) is 4.30. The summed E-state index contributed by atoms with van der Waals surface area (Å²) in [5, 5.41) is 3.20. The molecule has 0 aromatic heterocycles. The molecule has 84 valence electrons.